The summed E-state index contributed by atoms with van der Waals surface area (Å²) in [6, 6.07) is 7.34. The summed E-state index contributed by atoms with van der Waals surface area (Å²) in [6.45, 7) is 7.15. The topological polar surface area (TPSA) is 63.7 Å². The third-order valence-electron chi connectivity index (χ3n) is 4.14. The smallest absolute Gasteiger partial charge is 0.265 e. The molecule has 0 radical (unpaired) electrons. The fourth-order valence-electron chi connectivity index (χ4n) is 2.78. The Kier molecular flexibility index (Phi) is 4.69. The predicted octanol–water partition coefficient (Wildman–Crippen LogP) is 4.23. The lowest BCUT2D eigenvalue weighted by atomic mass is 10.2. The Morgan fingerprint density at radius 2 is 1.92 bits per heavy atom. The van der Waals surface area contributed by atoms with Gasteiger partial charge < -0.3 is 19.7 Å². The van der Waals surface area contributed by atoms with Gasteiger partial charge in [0, 0.05) is 24.8 Å². The van der Waals surface area contributed by atoms with E-state index in [1.165, 1.54) is 11.3 Å². The largest absolute Gasteiger partial charge is 0.486 e. The summed E-state index contributed by atoms with van der Waals surface area (Å²) >= 11 is 3.04. The minimum absolute atomic E-state index is 0.138. The second-order valence-corrected chi connectivity index (χ2v) is 7.80. The number of fused-ring (bicyclic) bond motifs is 2. The monoisotopic (exact) mass is 389 g/mol. The van der Waals surface area contributed by atoms with Gasteiger partial charge in [0.25, 0.3) is 5.91 Å². The summed E-state index contributed by atoms with van der Waals surface area (Å²) in [6.07, 6.45) is 0. The number of nitrogens with one attached hydrogen (secondary N) is 1. The number of thiazole rings is 1. The molecular weight excluding hydrogens is 370 g/mol. The minimum atomic E-state index is -0.138. The van der Waals surface area contributed by atoms with Gasteiger partial charge in [0.1, 0.15) is 18.0 Å². The number of thiophene rings is 1. The molecule has 3 heterocycles. The number of anilines is 2. The molecule has 0 saturated carbocycles. The van der Waals surface area contributed by atoms with Gasteiger partial charge >= 0.3 is 0 Å². The third kappa shape index (κ3) is 3.22. The first kappa shape index (κ1) is 17.1. The van der Waals surface area contributed by atoms with Gasteiger partial charge in [-0.1, -0.05) is 11.3 Å². The lowest BCUT2D eigenvalue weighted by Crippen LogP contribution is -2.21. The molecule has 0 saturated heterocycles. The summed E-state index contributed by atoms with van der Waals surface area (Å²) in [5, 5.41) is 3.93. The highest BCUT2D eigenvalue weighted by molar-refractivity contribution is 7.29. The van der Waals surface area contributed by atoms with Gasteiger partial charge in [0.15, 0.2) is 16.6 Å². The zero-order chi connectivity index (χ0) is 18.1. The molecule has 8 heteroatoms. The van der Waals surface area contributed by atoms with Gasteiger partial charge in [-0.25, -0.2) is 4.98 Å². The fraction of sp³-hybridized carbons (Fsp3) is 0.333. The zero-order valence-corrected chi connectivity index (χ0v) is 16.2. The molecule has 0 atom stereocenters. The number of hydrogen-bond donors (Lipinski definition) is 1. The van der Waals surface area contributed by atoms with Crippen molar-refractivity contribution in [1.82, 2.24) is 4.98 Å². The molecule has 1 aliphatic rings. The maximum absolute atomic E-state index is 12.6. The molecular formula is C18H19N3O3S2. The Hall–Kier alpha value is -2.32. The van der Waals surface area contributed by atoms with Crippen LogP contribution in [0.2, 0.25) is 0 Å². The number of amides is 1. The SMILES string of the molecule is CCN(CC)c1nc2sc(C(=O)Nc3ccc4c(c3)OCCO4)cc2s1. The second-order valence-electron chi connectivity index (χ2n) is 5.76. The Labute approximate surface area is 159 Å². The zero-order valence-electron chi connectivity index (χ0n) is 14.6. The minimum Gasteiger partial charge on any atom is -0.486 e. The standard InChI is InChI=1S/C18H19N3O3S2/c1-3-21(4-2)18-20-17-15(26-18)10-14(25-17)16(22)19-11-5-6-12-13(9-11)24-8-7-23-12/h5-6,9-10H,3-4,7-8H2,1-2H3,(H,19,22). The van der Waals surface area contributed by atoms with Crippen LogP contribution in [0.5, 0.6) is 11.5 Å². The Morgan fingerprint density at radius 3 is 2.65 bits per heavy atom. The molecule has 1 aromatic carbocycles. The number of nitrogens with zero attached hydrogens (tertiary/aromatic N) is 2. The quantitative estimate of drug-likeness (QED) is 0.708. The van der Waals surface area contributed by atoms with E-state index in [-0.39, 0.29) is 5.91 Å². The van der Waals surface area contributed by atoms with Crippen molar-refractivity contribution >= 4 is 48.9 Å². The molecule has 0 unspecified atom stereocenters. The van der Waals surface area contributed by atoms with E-state index < -0.39 is 0 Å². The van der Waals surface area contributed by atoms with Crippen LogP contribution in [0.25, 0.3) is 9.53 Å². The third-order valence-corrected chi connectivity index (χ3v) is 6.36. The van der Waals surface area contributed by atoms with Crippen LogP contribution in [0.3, 0.4) is 0 Å². The lowest BCUT2D eigenvalue weighted by molar-refractivity contribution is 0.103. The maximum Gasteiger partial charge on any atom is 0.265 e. The first-order chi connectivity index (χ1) is 12.7. The van der Waals surface area contributed by atoms with Crippen LogP contribution >= 0.6 is 22.7 Å². The Balaban J connectivity index is 1.52. The van der Waals surface area contributed by atoms with Crippen molar-refractivity contribution in [2.24, 2.45) is 0 Å². The van der Waals surface area contributed by atoms with Crippen molar-refractivity contribution in [3.8, 4) is 11.5 Å². The molecule has 0 aliphatic carbocycles. The summed E-state index contributed by atoms with van der Waals surface area (Å²) in [4.78, 5) is 21.0. The van der Waals surface area contributed by atoms with Crippen LogP contribution in [-0.4, -0.2) is 37.2 Å². The van der Waals surface area contributed by atoms with Gasteiger partial charge in [-0.3, -0.25) is 4.79 Å². The van der Waals surface area contributed by atoms with Gasteiger partial charge in [0.05, 0.1) is 9.58 Å². The van der Waals surface area contributed by atoms with Gasteiger partial charge in [-0.15, -0.1) is 11.3 Å². The van der Waals surface area contributed by atoms with Crippen molar-refractivity contribution in [2.75, 3.05) is 36.5 Å². The molecule has 2 aromatic heterocycles. The van der Waals surface area contributed by atoms with E-state index in [0.717, 1.165) is 27.8 Å². The Morgan fingerprint density at radius 1 is 1.15 bits per heavy atom. The average molecular weight is 390 g/mol. The predicted molar refractivity (Wildman–Crippen MR) is 106 cm³/mol. The van der Waals surface area contributed by atoms with Crippen molar-refractivity contribution in [3.05, 3.63) is 29.1 Å². The summed E-state index contributed by atoms with van der Waals surface area (Å²) in [7, 11) is 0. The van der Waals surface area contributed by atoms with Crippen LogP contribution in [0.1, 0.15) is 23.5 Å². The van der Waals surface area contributed by atoms with Crippen molar-refractivity contribution < 1.29 is 14.3 Å². The van der Waals surface area contributed by atoms with Crippen LogP contribution in [0, 0.1) is 0 Å². The lowest BCUT2D eigenvalue weighted by Gasteiger charge is -2.18. The highest BCUT2D eigenvalue weighted by Crippen LogP contribution is 2.36. The Bertz CT molecular complexity index is 915. The summed E-state index contributed by atoms with van der Waals surface area (Å²) in [5.41, 5.74) is 0.688. The van der Waals surface area contributed by atoms with Crippen LogP contribution in [0.15, 0.2) is 24.3 Å². The van der Waals surface area contributed by atoms with Crippen molar-refractivity contribution in [3.63, 3.8) is 0 Å². The van der Waals surface area contributed by atoms with E-state index in [9.17, 15) is 4.79 Å². The van der Waals surface area contributed by atoms with Crippen LogP contribution < -0.4 is 19.7 Å². The van der Waals surface area contributed by atoms with E-state index in [1.807, 2.05) is 18.2 Å². The summed E-state index contributed by atoms with van der Waals surface area (Å²) < 4.78 is 12.1. The molecule has 0 spiro atoms. The molecule has 1 amide bonds. The molecule has 0 fully saturated rings. The molecule has 1 N–H and O–H groups in total. The number of aromatic nitrogens is 1. The summed E-state index contributed by atoms with van der Waals surface area (Å²) in [5.74, 6) is 1.23. The maximum atomic E-state index is 12.6. The first-order valence-corrected chi connectivity index (χ1v) is 10.2. The van der Waals surface area contributed by atoms with Crippen molar-refractivity contribution in [1.29, 1.82) is 0 Å². The fourth-order valence-corrected chi connectivity index (χ4v) is 5.01. The number of benzene rings is 1. The molecule has 3 aromatic rings. The number of ether oxygens (including phenoxy) is 2. The molecule has 136 valence electrons. The number of hydrogen-bond acceptors (Lipinski definition) is 7. The van der Waals surface area contributed by atoms with E-state index >= 15 is 0 Å². The van der Waals surface area contributed by atoms with Crippen molar-refractivity contribution in [2.45, 2.75) is 13.8 Å². The molecule has 1 aliphatic heterocycles. The van der Waals surface area contributed by atoms with Gasteiger partial charge in [0.2, 0.25) is 0 Å². The van der Waals surface area contributed by atoms with Gasteiger partial charge in [-0.05, 0) is 32.0 Å². The average Bonchev–Trinajstić information content (AvgIpc) is 3.22. The molecule has 6 nitrogen and oxygen atoms in total. The highest BCUT2D eigenvalue weighted by atomic mass is 32.1. The number of carbonyl (C=O) groups is 1. The van der Waals surface area contributed by atoms with Gasteiger partial charge in [-0.2, -0.15) is 0 Å². The first-order valence-electron chi connectivity index (χ1n) is 8.54. The van der Waals surface area contributed by atoms with E-state index in [2.05, 4.69) is 29.0 Å². The van der Waals surface area contributed by atoms with E-state index in [4.69, 9.17) is 9.47 Å². The van der Waals surface area contributed by atoms with E-state index in [1.54, 1.807) is 17.4 Å². The van der Waals surface area contributed by atoms with Crippen LogP contribution in [0.4, 0.5) is 10.8 Å². The number of carbonyl (C=O) groups excluding carboxylic acids is 1. The molecule has 0 bridgehead atoms. The number of rotatable bonds is 5. The second kappa shape index (κ2) is 7.13. The van der Waals surface area contributed by atoms with Crippen LogP contribution in [-0.2, 0) is 0 Å². The highest BCUT2D eigenvalue weighted by Gasteiger charge is 2.17. The van der Waals surface area contributed by atoms with E-state index in [0.29, 0.717) is 35.3 Å². The normalized spacial score (nSPS) is 13.0. The molecule has 26 heavy (non-hydrogen) atoms. The molecule has 4 rings (SSSR count).